The molecule has 5 aliphatic rings. The topological polar surface area (TPSA) is 227 Å². The van der Waals surface area contributed by atoms with E-state index in [1.165, 1.54) is 23.4 Å². The summed E-state index contributed by atoms with van der Waals surface area (Å²) in [4.78, 5) is 77.9. The summed E-state index contributed by atoms with van der Waals surface area (Å²) >= 11 is 0. The van der Waals surface area contributed by atoms with Crippen LogP contribution in [0.25, 0.3) is 33.8 Å². The number of halogens is 2. The van der Waals surface area contributed by atoms with Crippen LogP contribution in [0, 0.1) is 24.5 Å². The summed E-state index contributed by atoms with van der Waals surface area (Å²) in [6.07, 6.45) is 7.78. The molecule has 5 aromatic rings. The molecular weight excluding hydrogens is 943 g/mol. The maximum atomic E-state index is 15.4. The third-order valence-corrected chi connectivity index (χ3v) is 15.6. The smallest absolute Gasteiger partial charge is 0.410 e. The number of carbonyl (C=O) groups excluding carboxylic acids is 4. The second-order valence-electron chi connectivity index (χ2n) is 21.7. The zero-order valence-corrected chi connectivity index (χ0v) is 42.4. The number of aromatic nitrogens is 7. The fourth-order valence-corrected chi connectivity index (χ4v) is 11.2. The highest BCUT2D eigenvalue weighted by molar-refractivity contribution is 6.00. The number of carbonyl (C=O) groups is 4. The molecular formula is C51H64F2N14O6. The number of imide groups is 1. The molecule has 0 unspecified atom stereocenters. The zero-order chi connectivity index (χ0) is 51.5. The summed E-state index contributed by atoms with van der Waals surface area (Å²) in [5, 5.41) is 12.3. The molecule has 0 radical (unpaired) electrons. The number of urea groups is 1. The molecule has 4 aromatic heterocycles. The van der Waals surface area contributed by atoms with Gasteiger partial charge in [0.2, 0.25) is 5.91 Å². The lowest BCUT2D eigenvalue weighted by Crippen LogP contribution is -2.59. The van der Waals surface area contributed by atoms with Crippen LogP contribution in [0.2, 0.25) is 0 Å². The average molecular weight is 1010 g/mol. The number of piperidine rings is 2. The summed E-state index contributed by atoms with van der Waals surface area (Å²) in [5.41, 5.74) is 10.2. The molecule has 0 spiro atoms. The maximum absolute atomic E-state index is 15.4. The van der Waals surface area contributed by atoms with Gasteiger partial charge in [-0.2, -0.15) is 5.10 Å². The van der Waals surface area contributed by atoms with Crippen LogP contribution in [0.4, 0.5) is 29.9 Å². The van der Waals surface area contributed by atoms with Crippen LogP contribution in [0.15, 0.2) is 29.2 Å². The van der Waals surface area contributed by atoms with Crippen LogP contribution in [-0.2, 0) is 26.4 Å². The van der Waals surface area contributed by atoms with E-state index in [0.717, 1.165) is 42.7 Å². The lowest BCUT2D eigenvalue weighted by molar-refractivity contribution is -0.136. The van der Waals surface area contributed by atoms with Gasteiger partial charge < -0.3 is 34.6 Å². The number of hydrogen-bond acceptors (Lipinski definition) is 15. The molecule has 5 amide bonds. The van der Waals surface area contributed by atoms with Crippen LogP contribution < -0.4 is 16.0 Å². The van der Waals surface area contributed by atoms with Gasteiger partial charge in [-0.15, -0.1) is 0 Å². The molecule has 22 heteroatoms. The van der Waals surface area contributed by atoms with E-state index >= 15 is 8.78 Å². The number of ether oxygens (including phenoxy) is 1. The van der Waals surface area contributed by atoms with Crippen molar-refractivity contribution in [1.82, 2.24) is 59.8 Å². The first-order valence-electron chi connectivity index (χ1n) is 25.4. The molecule has 1 saturated carbocycles. The Labute approximate surface area is 422 Å². The number of rotatable bonds is 11. The fraction of sp³-hybridized carbons (Fsp3) is 0.569. The Kier molecular flexibility index (Phi) is 13.3. The van der Waals surface area contributed by atoms with E-state index in [0.29, 0.717) is 110 Å². The first-order chi connectivity index (χ1) is 34.8. The summed E-state index contributed by atoms with van der Waals surface area (Å²) < 4.78 is 44.3. The molecule has 1 aliphatic carbocycles. The molecule has 4 saturated heterocycles. The number of aryl methyl sites for hydroxylation is 1. The van der Waals surface area contributed by atoms with Gasteiger partial charge in [0.15, 0.2) is 23.8 Å². The van der Waals surface area contributed by atoms with Gasteiger partial charge >= 0.3 is 12.1 Å². The monoisotopic (exact) mass is 1010 g/mol. The quantitative estimate of drug-likeness (QED) is 0.147. The standard InChI is InChI=1S/C51H64F2N14O6/c1-29-34(25-55-46(58-29)39-42(61-73-44(39)32-7-8-32)41-40-45(54)56-28-57-47(40)67(60-41)50(2,3)4)31-9-14-64(15-10-31)49(71)72-27-38(69)62-16-11-33(12-17-62)51(5,6)66-21-19-63(20-22-66)43-35(52)23-30(24-36(43)53)26-65-18-13-37(68)59-48(65)70/h23-25,28,31-33H,7-22,26-27H2,1-6H3,(H2,54,56,57)(H,59,68,70). The summed E-state index contributed by atoms with van der Waals surface area (Å²) in [6, 6.07) is 1.95. The third-order valence-electron chi connectivity index (χ3n) is 15.6. The van der Waals surface area contributed by atoms with Gasteiger partial charge in [0.25, 0.3) is 5.91 Å². The maximum Gasteiger partial charge on any atom is 0.410 e. The first-order valence-corrected chi connectivity index (χ1v) is 25.4. The molecule has 4 aliphatic heterocycles. The van der Waals surface area contributed by atoms with Crippen molar-refractivity contribution >= 4 is 46.5 Å². The number of likely N-dealkylation sites (tertiary alicyclic amines) is 2. The number of nitrogens with zero attached hydrogens (tertiary/aromatic N) is 12. The van der Waals surface area contributed by atoms with Crippen LogP contribution in [-0.4, -0.2) is 149 Å². The molecule has 388 valence electrons. The molecule has 3 N–H and O–H groups in total. The Balaban J connectivity index is 0.693. The highest BCUT2D eigenvalue weighted by atomic mass is 19.1. The van der Waals surface area contributed by atoms with Crippen molar-refractivity contribution in [3.63, 3.8) is 0 Å². The minimum Gasteiger partial charge on any atom is -0.439 e. The SMILES string of the molecule is Cc1nc(-c2c(-c3nn(C(C)(C)C)c4ncnc(N)c34)noc2C2CC2)ncc1C1CCN(C(=O)OCC(=O)N2CCC(C(C)(C)N3CCN(c4c(F)cc(CN5CCC(=O)NC5=O)cc4F)CC3)CC2)CC1. The second kappa shape index (κ2) is 19.5. The number of benzene rings is 1. The third kappa shape index (κ3) is 9.89. The molecule has 20 nitrogen and oxygen atoms in total. The zero-order valence-electron chi connectivity index (χ0n) is 42.4. The summed E-state index contributed by atoms with van der Waals surface area (Å²) in [5.74, 6) is 0.136. The van der Waals surface area contributed by atoms with Crippen LogP contribution >= 0.6 is 0 Å². The van der Waals surface area contributed by atoms with Gasteiger partial charge in [0, 0.05) is 95.2 Å². The van der Waals surface area contributed by atoms with Crippen LogP contribution in [0.3, 0.4) is 0 Å². The average Bonchev–Trinajstić information content (AvgIpc) is 3.98. The molecule has 73 heavy (non-hydrogen) atoms. The molecule has 10 rings (SSSR count). The van der Waals surface area contributed by atoms with Crippen molar-refractivity contribution in [2.75, 3.05) is 76.1 Å². The largest absolute Gasteiger partial charge is 0.439 e. The van der Waals surface area contributed by atoms with Crippen molar-refractivity contribution in [2.45, 2.75) is 116 Å². The van der Waals surface area contributed by atoms with E-state index in [2.05, 4.69) is 39.2 Å². The van der Waals surface area contributed by atoms with Crippen molar-refractivity contribution in [3.8, 4) is 22.8 Å². The van der Waals surface area contributed by atoms with Gasteiger partial charge in [-0.05, 0) is 115 Å². The molecule has 0 atom stereocenters. The number of nitrogens with two attached hydrogens (primary N) is 1. The van der Waals surface area contributed by atoms with E-state index in [9.17, 15) is 19.2 Å². The summed E-state index contributed by atoms with van der Waals surface area (Å²) in [6.45, 7) is 16.4. The number of nitrogens with one attached hydrogen (secondary N) is 1. The predicted molar refractivity (Wildman–Crippen MR) is 265 cm³/mol. The minimum atomic E-state index is -0.686. The Morgan fingerprint density at radius 1 is 0.849 bits per heavy atom. The molecule has 5 fully saturated rings. The lowest BCUT2D eigenvalue weighted by atomic mass is 9.78. The second-order valence-corrected chi connectivity index (χ2v) is 21.7. The lowest BCUT2D eigenvalue weighted by Gasteiger charge is -2.50. The number of piperazine rings is 1. The Bertz CT molecular complexity index is 2920. The van der Waals surface area contributed by atoms with Crippen molar-refractivity contribution in [2.24, 2.45) is 5.92 Å². The number of hydrogen-bond donors (Lipinski definition) is 2. The van der Waals surface area contributed by atoms with Crippen molar-refractivity contribution < 1.29 is 37.2 Å². The van der Waals surface area contributed by atoms with Gasteiger partial charge in [0.05, 0.1) is 16.5 Å². The Hall–Kier alpha value is -6.84. The van der Waals surface area contributed by atoms with E-state index < -0.39 is 29.3 Å². The Morgan fingerprint density at radius 3 is 2.18 bits per heavy atom. The van der Waals surface area contributed by atoms with Crippen molar-refractivity contribution in [1.29, 1.82) is 0 Å². The number of amides is 5. The van der Waals surface area contributed by atoms with E-state index in [-0.39, 0.29) is 66.9 Å². The fourth-order valence-electron chi connectivity index (χ4n) is 11.2. The van der Waals surface area contributed by atoms with Gasteiger partial charge in [0.1, 0.15) is 40.9 Å². The minimum absolute atomic E-state index is 0.00424. The highest BCUT2D eigenvalue weighted by Gasteiger charge is 2.41. The molecule has 1 aromatic carbocycles. The highest BCUT2D eigenvalue weighted by Crippen LogP contribution is 2.48. The van der Waals surface area contributed by atoms with Crippen LogP contribution in [0.1, 0.15) is 114 Å². The first kappa shape index (κ1) is 49.7. The molecule has 0 bridgehead atoms. The predicted octanol–water partition coefficient (Wildman–Crippen LogP) is 6.34. The van der Waals surface area contributed by atoms with Crippen LogP contribution in [0.5, 0.6) is 0 Å². The van der Waals surface area contributed by atoms with E-state index in [4.69, 9.17) is 30.1 Å². The van der Waals surface area contributed by atoms with E-state index in [1.807, 2.05) is 38.6 Å². The normalized spacial score (nSPS) is 19.0. The van der Waals surface area contributed by atoms with Gasteiger partial charge in [-0.1, -0.05) is 5.16 Å². The van der Waals surface area contributed by atoms with Gasteiger partial charge in [-0.25, -0.2) is 43.0 Å². The number of fused-ring (bicyclic) bond motifs is 1. The number of anilines is 2. The Morgan fingerprint density at radius 2 is 1.53 bits per heavy atom. The van der Waals surface area contributed by atoms with Crippen molar-refractivity contribution in [3.05, 3.63) is 58.9 Å². The number of nitrogen functional groups attached to an aromatic ring is 1. The summed E-state index contributed by atoms with van der Waals surface area (Å²) in [7, 11) is 0. The van der Waals surface area contributed by atoms with E-state index in [1.54, 1.807) is 14.7 Å². The molecule has 8 heterocycles. The van der Waals surface area contributed by atoms with Gasteiger partial charge in [-0.3, -0.25) is 19.8 Å².